The lowest BCUT2D eigenvalue weighted by molar-refractivity contribution is -0.150. The van der Waals surface area contributed by atoms with E-state index in [4.69, 9.17) is 5.11 Å². The minimum atomic E-state index is -2.84. The summed E-state index contributed by atoms with van der Waals surface area (Å²) in [7, 11) is 0. The van der Waals surface area contributed by atoms with Gasteiger partial charge < -0.3 is 5.11 Å². The number of carbonyl (C=O) groups is 1. The molecule has 4 heteroatoms. The minimum Gasteiger partial charge on any atom is -0.481 e. The third kappa shape index (κ3) is 2.62. The SMILES string of the molecule is O=C(O)[C@@H]1CC(F)(F)CC[C@H]1c1ccccc1. The van der Waals surface area contributed by atoms with E-state index in [9.17, 15) is 13.6 Å². The fraction of sp³-hybridized carbons (Fsp3) is 0.462. The fourth-order valence-corrected chi connectivity index (χ4v) is 2.49. The van der Waals surface area contributed by atoms with Gasteiger partial charge >= 0.3 is 5.97 Å². The first-order valence-corrected chi connectivity index (χ1v) is 5.65. The first-order chi connectivity index (χ1) is 7.99. The molecule has 0 amide bonds. The average Bonchev–Trinajstić information content (AvgIpc) is 2.29. The van der Waals surface area contributed by atoms with Gasteiger partial charge in [0, 0.05) is 12.8 Å². The van der Waals surface area contributed by atoms with E-state index < -0.39 is 24.2 Å². The summed E-state index contributed by atoms with van der Waals surface area (Å²) in [6, 6.07) is 9.06. The summed E-state index contributed by atoms with van der Waals surface area (Å²) >= 11 is 0. The molecule has 1 aliphatic rings. The van der Waals surface area contributed by atoms with Gasteiger partial charge in [0.05, 0.1) is 5.92 Å². The van der Waals surface area contributed by atoms with Crippen LogP contribution >= 0.6 is 0 Å². The van der Waals surface area contributed by atoms with Crippen LogP contribution in [0.25, 0.3) is 0 Å². The molecule has 0 radical (unpaired) electrons. The Balaban J connectivity index is 2.25. The number of benzene rings is 1. The Labute approximate surface area is 98.3 Å². The molecule has 0 aliphatic heterocycles. The van der Waals surface area contributed by atoms with Crippen LogP contribution in [0.1, 0.15) is 30.7 Å². The maximum absolute atomic E-state index is 13.2. The number of alkyl halides is 2. The van der Waals surface area contributed by atoms with E-state index in [2.05, 4.69) is 0 Å². The lowest BCUT2D eigenvalue weighted by Crippen LogP contribution is -2.35. The predicted molar refractivity (Wildman–Crippen MR) is 59.1 cm³/mol. The molecule has 0 heterocycles. The molecule has 1 aromatic rings. The summed E-state index contributed by atoms with van der Waals surface area (Å²) < 4.78 is 26.5. The fourth-order valence-electron chi connectivity index (χ4n) is 2.49. The van der Waals surface area contributed by atoms with Gasteiger partial charge in [0.25, 0.3) is 0 Å². The highest BCUT2D eigenvalue weighted by atomic mass is 19.3. The van der Waals surface area contributed by atoms with Crippen LogP contribution in [0.4, 0.5) is 8.78 Å². The highest BCUT2D eigenvalue weighted by Gasteiger charge is 2.44. The number of rotatable bonds is 2. The number of carboxylic acid groups (broad SMARTS) is 1. The number of halogens is 2. The van der Waals surface area contributed by atoms with Gasteiger partial charge in [0.2, 0.25) is 5.92 Å². The second-order valence-electron chi connectivity index (χ2n) is 4.56. The first kappa shape index (κ1) is 12.0. The van der Waals surface area contributed by atoms with E-state index in [0.29, 0.717) is 0 Å². The molecule has 0 spiro atoms. The molecule has 2 rings (SSSR count). The van der Waals surface area contributed by atoms with E-state index in [1.807, 2.05) is 18.2 Å². The van der Waals surface area contributed by atoms with Gasteiger partial charge in [0.15, 0.2) is 0 Å². The Bertz CT molecular complexity index is 403. The maximum Gasteiger partial charge on any atom is 0.307 e. The van der Waals surface area contributed by atoms with E-state index in [0.717, 1.165) is 5.56 Å². The number of hydrogen-bond acceptors (Lipinski definition) is 1. The molecule has 2 nitrogen and oxygen atoms in total. The molecule has 1 aliphatic carbocycles. The summed E-state index contributed by atoms with van der Waals surface area (Å²) in [5.74, 6) is -5.25. The third-order valence-corrected chi connectivity index (χ3v) is 3.37. The van der Waals surface area contributed by atoms with Crippen LogP contribution in [-0.4, -0.2) is 17.0 Å². The molecule has 0 aromatic heterocycles. The molecule has 1 aromatic carbocycles. The molecule has 1 saturated carbocycles. The Morgan fingerprint density at radius 1 is 1.29 bits per heavy atom. The second kappa shape index (κ2) is 4.43. The maximum atomic E-state index is 13.2. The largest absolute Gasteiger partial charge is 0.481 e. The molecule has 0 saturated heterocycles. The molecule has 1 fully saturated rings. The third-order valence-electron chi connectivity index (χ3n) is 3.37. The minimum absolute atomic E-state index is 0.226. The molecule has 0 unspecified atom stereocenters. The van der Waals surface area contributed by atoms with Crippen molar-refractivity contribution in [3.8, 4) is 0 Å². The van der Waals surface area contributed by atoms with Crippen molar-refractivity contribution in [1.29, 1.82) is 0 Å². The van der Waals surface area contributed by atoms with Crippen molar-refractivity contribution in [2.24, 2.45) is 5.92 Å². The highest BCUT2D eigenvalue weighted by molar-refractivity contribution is 5.71. The standard InChI is InChI=1S/C13H14F2O2/c14-13(15)7-6-10(11(8-13)12(16)17)9-4-2-1-3-5-9/h1-5,10-11H,6-8H2,(H,16,17)/t10-,11+/m0/s1. The number of aliphatic carboxylic acids is 1. The summed E-state index contributed by atoms with van der Waals surface area (Å²) in [5, 5.41) is 9.07. The van der Waals surface area contributed by atoms with Gasteiger partial charge in [-0.25, -0.2) is 8.78 Å². The topological polar surface area (TPSA) is 37.3 Å². The van der Waals surface area contributed by atoms with Crippen LogP contribution < -0.4 is 0 Å². The van der Waals surface area contributed by atoms with Crippen molar-refractivity contribution in [3.63, 3.8) is 0 Å². The van der Waals surface area contributed by atoms with Crippen molar-refractivity contribution in [2.45, 2.75) is 31.1 Å². The van der Waals surface area contributed by atoms with Crippen molar-refractivity contribution in [2.75, 3.05) is 0 Å². The van der Waals surface area contributed by atoms with Crippen LogP contribution in [-0.2, 0) is 4.79 Å². The van der Waals surface area contributed by atoms with E-state index >= 15 is 0 Å². The van der Waals surface area contributed by atoms with Crippen LogP contribution in [0.5, 0.6) is 0 Å². The van der Waals surface area contributed by atoms with Gasteiger partial charge in [-0.3, -0.25) is 4.79 Å². The van der Waals surface area contributed by atoms with Gasteiger partial charge in [-0.1, -0.05) is 30.3 Å². The predicted octanol–water partition coefficient (Wildman–Crippen LogP) is 3.29. The van der Waals surface area contributed by atoms with Crippen LogP contribution in [0.15, 0.2) is 30.3 Å². The molecule has 0 bridgehead atoms. The zero-order valence-electron chi connectivity index (χ0n) is 9.27. The van der Waals surface area contributed by atoms with Crippen LogP contribution in [0, 0.1) is 5.92 Å². The van der Waals surface area contributed by atoms with Gasteiger partial charge in [-0.05, 0) is 17.9 Å². The molecular formula is C13H14F2O2. The highest BCUT2D eigenvalue weighted by Crippen LogP contribution is 2.44. The molecule has 1 N–H and O–H groups in total. The summed E-state index contributed by atoms with van der Waals surface area (Å²) in [5.41, 5.74) is 0.843. The molecule has 17 heavy (non-hydrogen) atoms. The first-order valence-electron chi connectivity index (χ1n) is 5.65. The Morgan fingerprint density at radius 2 is 1.94 bits per heavy atom. The summed E-state index contributed by atoms with van der Waals surface area (Å²) in [4.78, 5) is 11.1. The van der Waals surface area contributed by atoms with Crippen LogP contribution in [0.3, 0.4) is 0 Å². The monoisotopic (exact) mass is 240 g/mol. The number of carboxylic acids is 1. The summed E-state index contributed by atoms with van der Waals surface area (Å²) in [6.07, 6.45) is -0.549. The van der Waals surface area contributed by atoms with E-state index in [1.54, 1.807) is 12.1 Å². The van der Waals surface area contributed by atoms with Crippen molar-refractivity contribution >= 4 is 5.97 Å². The van der Waals surface area contributed by atoms with Crippen LogP contribution in [0.2, 0.25) is 0 Å². The van der Waals surface area contributed by atoms with Gasteiger partial charge in [-0.2, -0.15) is 0 Å². The Hall–Kier alpha value is -1.45. The lowest BCUT2D eigenvalue weighted by Gasteiger charge is -2.33. The van der Waals surface area contributed by atoms with Crippen molar-refractivity contribution < 1.29 is 18.7 Å². The molecular weight excluding hydrogens is 226 g/mol. The zero-order valence-corrected chi connectivity index (χ0v) is 9.27. The van der Waals surface area contributed by atoms with E-state index in [1.165, 1.54) is 0 Å². The van der Waals surface area contributed by atoms with E-state index in [-0.39, 0.29) is 18.8 Å². The quantitative estimate of drug-likeness (QED) is 0.861. The normalized spacial score (nSPS) is 27.6. The Morgan fingerprint density at radius 3 is 2.53 bits per heavy atom. The average molecular weight is 240 g/mol. The smallest absolute Gasteiger partial charge is 0.307 e. The van der Waals surface area contributed by atoms with Crippen molar-refractivity contribution in [3.05, 3.63) is 35.9 Å². The lowest BCUT2D eigenvalue weighted by atomic mass is 9.74. The number of hydrogen-bond donors (Lipinski definition) is 1. The molecule has 2 atom stereocenters. The van der Waals surface area contributed by atoms with Gasteiger partial charge in [-0.15, -0.1) is 0 Å². The van der Waals surface area contributed by atoms with Gasteiger partial charge in [0.1, 0.15) is 0 Å². The Kier molecular flexibility index (Phi) is 3.13. The molecule has 92 valence electrons. The second-order valence-corrected chi connectivity index (χ2v) is 4.56. The van der Waals surface area contributed by atoms with Crippen molar-refractivity contribution in [1.82, 2.24) is 0 Å². The summed E-state index contributed by atoms with van der Waals surface area (Å²) in [6.45, 7) is 0. The zero-order chi connectivity index (χ0) is 12.5.